The predicted molar refractivity (Wildman–Crippen MR) is 69.6 cm³/mol. The Balaban J connectivity index is 2.32. The SMILES string of the molecule is Cc1nc(CC(C)N)sc1-c1ccccc1. The normalized spacial score (nSPS) is 12.7. The zero-order valence-electron chi connectivity index (χ0n) is 9.60. The average Bonchev–Trinajstić information content (AvgIpc) is 2.60. The number of rotatable bonds is 3. The van der Waals surface area contributed by atoms with Gasteiger partial charge < -0.3 is 5.73 Å². The highest BCUT2D eigenvalue weighted by Gasteiger charge is 2.10. The zero-order chi connectivity index (χ0) is 11.5. The molecule has 0 aliphatic heterocycles. The van der Waals surface area contributed by atoms with Gasteiger partial charge in [0.15, 0.2) is 0 Å². The van der Waals surface area contributed by atoms with Gasteiger partial charge in [0.2, 0.25) is 0 Å². The van der Waals surface area contributed by atoms with E-state index in [9.17, 15) is 0 Å². The van der Waals surface area contributed by atoms with E-state index in [-0.39, 0.29) is 6.04 Å². The average molecular weight is 232 g/mol. The molecule has 0 saturated carbocycles. The Morgan fingerprint density at radius 1 is 1.31 bits per heavy atom. The van der Waals surface area contributed by atoms with Crippen molar-refractivity contribution in [2.45, 2.75) is 26.3 Å². The van der Waals surface area contributed by atoms with E-state index in [2.05, 4.69) is 36.2 Å². The lowest BCUT2D eigenvalue weighted by Gasteiger charge is -1.99. The summed E-state index contributed by atoms with van der Waals surface area (Å²) in [7, 11) is 0. The van der Waals surface area contributed by atoms with Gasteiger partial charge in [-0.1, -0.05) is 30.3 Å². The van der Waals surface area contributed by atoms with Crippen molar-refractivity contribution in [3.05, 3.63) is 41.0 Å². The van der Waals surface area contributed by atoms with Gasteiger partial charge in [0.1, 0.15) is 0 Å². The highest BCUT2D eigenvalue weighted by molar-refractivity contribution is 7.15. The molecule has 3 heteroatoms. The standard InChI is InChI=1S/C13H16N2S/c1-9(14)8-12-15-10(2)13(16-12)11-6-4-3-5-7-11/h3-7,9H,8,14H2,1-2H3. The van der Waals surface area contributed by atoms with Crippen molar-refractivity contribution in [2.75, 3.05) is 0 Å². The molecule has 84 valence electrons. The maximum Gasteiger partial charge on any atom is 0.0949 e. The molecule has 0 radical (unpaired) electrons. The van der Waals surface area contributed by atoms with Crippen molar-refractivity contribution in [2.24, 2.45) is 5.73 Å². The summed E-state index contributed by atoms with van der Waals surface area (Å²) < 4.78 is 0. The summed E-state index contributed by atoms with van der Waals surface area (Å²) in [5.74, 6) is 0. The summed E-state index contributed by atoms with van der Waals surface area (Å²) in [6.07, 6.45) is 0.859. The largest absolute Gasteiger partial charge is 0.328 e. The Bertz CT molecular complexity index is 460. The number of nitrogens with zero attached hydrogens (tertiary/aromatic N) is 1. The van der Waals surface area contributed by atoms with Crippen LogP contribution in [0.4, 0.5) is 0 Å². The van der Waals surface area contributed by atoms with Crippen molar-refractivity contribution in [3.63, 3.8) is 0 Å². The zero-order valence-corrected chi connectivity index (χ0v) is 10.4. The molecule has 0 saturated heterocycles. The minimum absolute atomic E-state index is 0.175. The number of aromatic nitrogens is 1. The molecule has 0 aliphatic carbocycles. The van der Waals surface area contributed by atoms with Crippen LogP contribution in [0.2, 0.25) is 0 Å². The minimum Gasteiger partial charge on any atom is -0.328 e. The summed E-state index contributed by atoms with van der Waals surface area (Å²) in [5.41, 5.74) is 8.14. The van der Waals surface area contributed by atoms with Crippen LogP contribution in [0.15, 0.2) is 30.3 Å². The van der Waals surface area contributed by atoms with Crippen LogP contribution in [0.3, 0.4) is 0 Å². The molecule has 2 nitrogen and oxygen atoms in total. The maximum atomic E-state index is 5.79. The molecule has 2 aromatic rings. The fourth-order valence-electron chi connectivity index (χ4n) is 1.67. The summed E-state index contributed by atoms with van der Waals surface area (Å²) in [6, 6.07) is 10.6. The molecule has 0 spiro atoms. The van der Waals surface area contributed by atoms with Crippen LogP contribution in [0.25, 0.3) is 10.4 Å². The highest BCUT2D eigenvalue weighted by atomic mass is 32.1. The molecule has 0 bridgehead atoms. The second-order valence-electron chi connectivity index (χ2n) is 4.07. The lowest BCUT2D eigenvalue weighted by atomic mass is 10.2. The van der Waals surface area contributed by atoms with E-state index in [1.807, 2.05) is 13.0 Å². The van der Waals surface area contributed by atoms with Gasteiger partial charge in [-0.25, -0.2) is 4.98 Å². The highest BCUT2D eigenvalue weighted by Crippen LogP contribution is 2.30. The second kappa shape index (κ2) is 4.76. The number of benzene rings is 1. The molecule has 1 atom stereocenters. The third kappa shape index (κ3) is 2.49. The molecule has 1 aromatic carbocycles. The smallest absolute Gasteiger partial charge is 0.0949 e. The van der Waals surface area contributed by atoms with Crippen molar-refractivity contribution in [1.29, 1.82) is 0 Å². The summed E-state index contributed by atoms with van der Waals surface area (Å²) in [6.45, 7) is 4.07. The Morgan fingerprint density at radius 3 is 2.62 bits per heavy atom. The van der Waals surface area contributed by atoms with E-state index < -0.39 is 0 Å². The summed E-state index contributed by atoms with van der Waals surface area (Å²) in [5, 5.41) is 1.13. The molecule has 1 unspecified atom stereocenters. The molecule has 2 N–H and O–H groups in total. The third-order valence-electron chi connectivity index (χ3n) is 2.37. The van der Waals surface area contributed by atoms with Gasteiger partial charge in [-0.2, -0.15) is 0 Å². The number of thiazole rings is 1. The molecular weight excluding hydrogens is 216 g/mol. The number of aryl methyl sites for hydroxylation is 1. The topological polar surface area (TPSA) is 38.9 Å². The fourth-order valence-corrected chi connectivity index (χ4v) is 2.88. The Labute approximate surface area is 100 Å². The van der Waals surface area contributed by atoms with E-state index in [4.69, 9.17) is 5.73 Å². The van der Waals surface area contributed by atoms with E-state index in [1.165, 1.54) is 10.4 Å². The first-order valence-corrected chi connectivity index (χ1v) is 6.26. The first-order valence-electron chi connectivity index (χ1n) is 5.44. The first kappa shape index (κ1) is 11.3. The van der Waals surface area contributed by atoms with Crippen LogP contribution < -0.4 is 5.73 Å². The summed E-state index contributed by atoms with van der Waals surface area (Å²) in [4.78, 5) is 5.83. The van der Waals surface area contributed by atoms with Crippen LogP contribution >= 0.6 is 11.3 Å². The molecule has 16 heavy (non-hydrogen) atoms. The number of hydrogen-bond donors (Lipinski definition) is 1. The van der Waals surface area contributed by atoms with E-state index in [0.29, 0.717) is 0 Å². The molecule has 1 aromatic heterocycles. The summed E-state index contributed by atoms with van der Waals surface area (Å²) >= 11 is 1.75. The number of nitrogens with two attached hydrogens (primary N) is 1. The fraction of sp³-hybridized carbons (Fsp3) is 0.308. The van der Waals surface area contributed by atoms with Crippen LogP contribution in [-0.4, -0.2) is 11.0 Å². The van der Waals surface area contributed by atoms with E-state index >= 15 is 0 Å². The van der Waals surface area contributed by atoms with Crippen LogP contribution in [0.1, 0.15) is 17.6 Å². The van der Waals surface area contributed by atoms with Crippen LogP contribution in [0, 0.1) is 6.92 Å². The van der Waals surface area contributed by atoms with Crippen LogP contribution in [-0.2, 0) is 6.42 Å². The van der Waals surface area contributed by atoms with Gasteiger partial charge in [0, 0.05) is 12.5 Å². The van der Waals surface area contributed by atoms with Gasteiger partial charge >= 0.3 is 0 Å². The third-order valence-corrected chi connectivity index (χ3v) is 3.60. The maximum absolute atomic E-state index is 5.79. The quantitative estimate of drug-likeness (QED) is 0.883. The molecule has 1 heterocycles. The van der Waals surface area contributed by atoms with Crippen molar-refractivity contribution < 1.29 is 0 Å². The molecular formula is C13H16N2S. The van der Waals surface area contributed by atoms with Gasteiger partial charge in [0.25, 0.3) is 0 Å². The Kier molecular flexibility index (Phi) is 3.36. The molecule has 0 aliphatic rings. The second-order valence-corrected chi connectivity index (χ2v) is 5.15. The first-order chi connectivity index (χ1) is 7.66. The monoisotopic (exact) mass is 232 g/mol. The predicted octanol–water partition coefficient (Wildman–Crippen LogP) is 3.01. The van der Waals surface area contributed by atoms with Gasteiger partial charge in [-0.05, 0) is 19.4 Å². The van der Waals surface area contributed by atoms with E-state index in [0.717, 1.165) is 17.1 Å². The van der Waals surface area contributed by atoms with Gasteiger partial charge in [-0.3, -0.25) is 0 Å². The molecule has 0 fully saturated rings. The lowest BCUT2D eigenvalue weighted by molar-refractivity contribution is 0.732. The Hall–Kier alpha value is -1.19. The van der Waals surface area contributed by atoms with Crippen LogP contribution in [0.5, 0.6) is 0 Å². The van der Waals surface area contributed by atoms with Crippen molar-refractivity contribution in [1.82, 2.24) is 4.98 Å². The minimum atomic E-state index is 0.175. The molecule has 2 rings (SSSR count). The Morgan fingerprint density at radius 2 is 2.00 bits per heavy atom. The molecule has 0 amide bonds. The van der Waals surface area contributed by atoms with Crippen molar-refractivity contribution in [3.8, 4) is 10.4 Å². The van der Waals surface area contributed by atoms with Crippen molar-refractivity contribution >= 4 is 11.3 Å². The lowest BCUT2D eigenvalue weighted by Crippen LogP contribution is -2.17. The van der Waals surface area contributed by atoms with E-state index in [1.54, 1.807) is 11.3 Å². The number of hydrogen-bond acceptors (Lipinski definition) is 3. The van der Waals surface area contributed by atoms with Gasteiger partial charge in [-0.15, -0.1) is 11.3 Å². The van der Waals surface area contributed by atoms with Gasteiger partial charge in [0.05, 0.1) is 15.6 Å².